The van der Waals surface area contributed by atoms with E-state index in [1.165, 1.54) is 18.5 Å². The normalized spacial score (nSPS) is 14.7. The second-order valence-corrected chi connectivity index (χ2v) is 8.65. The van der Waals surface area contributed by atoms with Crippen LogP contribution in [0.15, 0.2) is 48.9 Å². The van der Waals surface area contributed by atoms with Gasteiger partial charge in [-0.1, -0.05) is 6.07 Å². The second-order valence-electron chi connectivity index (χ2n) is 8.65. The minimum atomic E-state index is -4.69. The van der Waals surface area contributed by atoms with Gasteiger partial charge in [0.15, 0.2) is 5.82 Å². The van der Waals surface area contributed by atoms with Crippen LogP contribution in [0.5, 0.6) is 0 Å². The SMILES string of the molecule is NC(=O)N(c1cc(C(F)(F)F)ccn1)c1ccc(-c2cc(C3CCNCC3)n3ncnc(N)c23)cc1F. The van der Waals surface area contributed by atoms with Crippen molar-refractivity contribution in [1.82, 2.24) is 24.9 Å². The average molecular weight is 514 g/mol. The summed E-state index contributed by atoms with van der Waals surface area (Å²) in [6.07, 6.45) is -0.680. The van der Waals surface area contributed by atoms with Crippen molar-refractivity contribution in [3.63, 3.8) is 0 Å². The van der Waals surface area contributed by atoms with Crippen LogP contribution >= 0.6 is 0 Å². The number of amides is 2. The molecule has 5 rings (SSSR count). The lowest BCUT2D eigenvalue weighted by Gasteiger charge is -2.22. The lowest BCUT2D eigenvalue weighted by Crippen LogP contribution is -2.33. The van der Waals surface area contributed by atoms with E-state index in [0.717, 1.165) is 50.0 Å². The molecule has 1 fully saturated rings. The van der Waals surface area contributed by atoms with Crippen molar-refractivity contribution >= 4 is 28.9 Å². The first kappa shape index (κ1) is 24.4. The van der Waals surface area contributed by atoms with Crippen LogP contribution in [0.1, 0.15) is 30.0 Å². The topological polar surface area (TPSA) is 127 Å². The lowest BCUT2D eigenvalue weighted by molar-refractivity contribution is -0.137. The van der Waals surface area contributed by atoms with Gasteiger partial charge in [-0.05, 0) is 61.8 Å². The van der Waals surface area contributed by atoms with Gasteiger partial charge in [0.25, 0.3) is 0 Å². The van der Waals surface area contributed by atoms with E-state index >= 15 is 4.39 Å². The molecular formula is C24H22F4N8O. The summed E-state index contributed by atoms with van der Waals surface area (Å²) in [5.74, 6) is -0.942. The van der Waals surface area contributed by atoms with Gasteiger partial charge in [0, 0.05) is 23.4 Å². The van der Waals surface area contributed by atoms with Crippen LogP contribution in [-0.2, 0) is 6.18 Å². The van der Waals surface area contributed by atoms with Crippen LogP contribution in [0.2, 0.25) is 0 Å². The van der Waals surface area contributed by atoms with Crippen LogP contribution in [0.3, 0.4) is 0 Å². The molecule has 0 bridgehead atoms. The number of halogens is 4. The molecule has 13 heteroatoms. The maximum absolute atomic E-state index is 15.5. The predicted molar refractivity (Wildman–Crippen MR) is 129 cm³/mol. The van der Waals surface area contributed by atoms with Crippen molar-refractivity contribution < 1.29 is 22.4 Å². The van der Waals surface area contributed by atoms with E-state index < -0.39 is 29.4 Å². The van der Waals surface area contributed by atoms with E-state index in [1.807, 2.05) is 6.07 Å². The Hall–Kier alpha value is -4.26. The number of hydrogen-bond donors (Lipinski definition) is 3. The van der Waals surface area contributed by atoms with Gasteiger partial charge in [0.05, 0.1) is 11.3 Å². The summed E-state index contributed by atoms with van der Waals surface area (Å²) >= 11 is 0. The van der Waals surface area contributed by atoms with Gasteiger partial charge in [-0.2, -0.15) is 18.3 Å². The number of nitrogens with one attached hydrogen (secondary N) is 1. The zero-order valence-electron chi connectivity index (χ0n) is 19.3. The number of nitrogens with zero attached hydrogens (tertiary/aromatic N) is 5. The molecule has 0 aliphatic carbocycles. The van der Waals surface area contributed by atoms with Gasteiger partial charge in [-0.3, -0.25) is 0 Å². The Balaban J connectivity index is 1.59. The summed E-state index contributed by atoms with van der Waals surface area (Å²) in [6.45, 7) is 1.70. The Morgan fingerprint density at radius 2 is 1.86 bits per heavy atom. The first-order chi connectivity index (χ1) is 17.6. The summed E-state index contributed by atoms with van der Waals surface area (Å²) in [4.78, 5) is 20.7. The molecule has 2 amide bonds. The molecule has 0 spiro atoms. The number of nitrogen functional groups attached to an aromatic ring is 1. The number of carbonyl (C=O) groups excluding carboxylic acids is 1. The van der Waals surface area contributed by atoms with E-state index in [4.69, 9.17) is 11.5 Å². The third-order valence-electron chi connectivity index (χ3n) is 6.39. The summed E-state index contributed by atoms with van der Waals surface area (Å²) in [5.41, 5.74) is 12.6. The monoisotopic (exact) mass is 514 g/mol. The van der Waals surface area contributed by atoms with E-state index in [1.54, 1.807) is 4.52 Å². The molecule has 0 radical (unpaired) electrons. The van der Waals surface area contributed by atoms with Crippen molar-refractivity contribution in [3.05, 3.63) is 66.0 Å². The van der Waals surface area contributed by atoms with E-state index in [-0.39, 0.29) is 17.4 Å². The number of urea groups is 1. The van der Waals surface area contributed by atoms with Gasteiger partial charge in [0.1, 0.15) is 23.5 Å². The quantitative estimate of drug-likeness (QED) is 0.350. The molecule has 0 atom stereocenters. The molecule has 5 N–H and O–H groups in total. The van der Waals surface area contributed by atoms with Crippen molar-refractivity contribution in [1.29, 1.82) is 0 Å². The van der Waals surface area contributed by atoms with Crippen molar-refractivity contribution in [3.8, 4) is 11.1 Å². The number of benzene rings is 1. The Morgan fingerprint density at radius 1 is 1.11 bits per heavy atom. The molecule has 192 valence electrons. The lowest BCUT2D eigenvalue weighted by atomic mass is 9.94. The fourth-order valence-electron chi connectivity index (χ4n) is 4.65. The Bertz CT molecular complexity index is 1480. The van der Waals surface area contributed by atoms with Crippen molar-refractivity contribution in [2.24, 2.45) is 5.73 Å². The third-order valence-corrected chi connectivity index (χ3v) is 6.39. The fourth-order valence-corrected chi connectivity index (χ4v) is 4.65. The Labute approximate surface area is 208 Å². The summed E-state index contributed by atoms with van der Waals surface area (Å²) in [6, 6.07) is 6.01. The van der Waals surface area contributed by atoms with Gasteiger partial charge in [0.2, 0.25) is 0 Å². The molecular weight excluding hydrogens is 492 g/mol. The zero-order valence-corrected chi connectivity index (χ0v) is 19.3. The first-order valence-electron chi connectivity index (χ1n) is 11.4. The van der Waals surface area contributed by atoms with Crippen LogP contribution in [0.4, 0.5) is 39.7 Å². The number of primary amides is 1. The number of nitrogens with two attached hydrogens (primary N) is 2. The van der Waals surface area contributed by atoms with Crippen LogP contribution in [0, 0.1) is 5.82 Å². The molecule has 9 nitrogen and oxygen atoms in total. The highest BCUT2D eigenvalue weighted by Crippen LogP contribution is 2.38. The number of fused-ring (bicyclic) bond motifs is 1. The summed E-state index contributed by atoms with van der Waals surface area (Å²) < 4.78 is 56.7. The molecule has 0 saturated carbocycles. The second kappa shape index (κ2) is 9.32. The standard InChI is InChI=1S/C24H22F4N8O/c25-17-9-14(1-2-18(17)35(23(30)37)20-10-15(5-8-32-20)24(26,27)28)16-11-19(13-3-6-31-7-4-13)36-21(16)22(29)33-12-34-36/h1-2,5,8-13,31H,3-4,6-7H2,(H2,30,37)(H2,29,33,34). The predicted octanol–water partition coefficient (Wildman–Crippen LogP) is 4.22. The minimum absolute atomic E-state index is 0.207. The minimum Gasteiger partial charge on any atom is -0.382 e. The van der Waals surface area contributed by atoms with Gasteiger partial charge < -0.3 is 16.8 Å². The molecule has 37 heavy (non-hydrogen) atoms. The maximum Gasteiger partial charge on any atom is 0.416 e. The van der Waals surface area contributed by atoms with Gasteiger partial charge >= 0.3 is 12.2 Å². The highest BCUT2D eigenvalue weighted by molar-refractivity contribution is 5.98. The van der Waals surface area contributed by atoms with Crippen LogP contribution in [-0.4, -0.2) is 38.7 Å². The Morgan fingerprint density at radius 3 is 2.54 bits per heavy atom. The van der Waals surface area contributed by atoms with Gasteiger partial charge in [-0.15, -0.1) is 0 Å². The maximum atomic E-state index is 15.5. The van der Waals surface area contributed by atoms with Crippen molar-refractivity contribution in [2.75, 3.05) is 23.7 Å². The number of anilines is 3. The number of carbonyl (C=O) groups is 1. The number of rotatable bonds is 4. The third kappa shape index (κ3) is 4.53. The molecule has 4 heterocycles. The fraction of sp³-hybridized carbons (Fsp3) is 0.250. The van der Waals surface area contributed by atoms with Crippen LogP contribution in [0.25, 0.3) is 16.6 Å². The molecule has 3 aromatic heterocycles. The number of piperidine rings is 1. The number of pyridine rings is 1. The Kier molecular flexibility index (Phi) is 6.15. The van der Waals surface area contributed by atoms with E-state index in [0.29, 0.717) is 27.6 Å². The summed E-state index contributed by atoms with van der Waals surface area (Å²) in [5, 5.41) is 7.68. The molecule has 1 aromatic carbocycles. The van der Waals surface area contributed by atoms with E-state index in [9.17, 15) is 18.0 Å². The number of hydrogen-bond acceptors (Lipinski definition) is 6. The number of aromatic nitrogens is 4. The van der Waals surface area contributed by atoms with Gasteiger partial charge in [-0.25, -0.2) is 28.6 Å². The largest absolute Gasteiger partial charge is 0.416 e. The molecule has 0 unspecified atom stereocenters. The summed E-state index contributed by atoms with van der Waals surface area (Å²) in [7, 11) is 0. The highest BCUT2D eigenvalue weighted by Gasteiger charge is 2.32. The zero-order chi connectivity index (χ0) is 26.3. The highest BCUT2D eigenvalue weighted by atomic mass is 19.4. The van der Waals surface area contributed by atoms with Crippen molar-refractivity contribution in [2.45, 2.75) is 24.9 Å². The first-order valence-corrected chi connectivity index (χ1v) is 11.4. The smallest absolute Gasteiger partial charge is 0.382 e. The number of alkyl halides is 3. The van der Waals surface area contributed by atoms with E-state index in [2.05, 4.69) is 20.4 Å². The van der Waals surface area contributed by atoms with Crippen LogP contribution < -0.4 is 21.7 Å². The average Bonchev–Trinajstić information content (AvgIpc) is 3.26. The molecule has 1 aliphatic heterocycles. The molecule has 1 saturated heterocycles. The molecule has 1 aliphatic rings. The molecule has 4 aromatic rings.